The van der Waals surface area contributed by atoms with Gasteiger partial charge in [0.2, 0.25) is 0 Å². The molecule has 0 saturated carbocycles. The molecule has 0 bridgehead atoms. The molecule has 0 spiro atoms. The Kier molecular flexibility index (Phi) is 3.77. The van der Waals surface area contributed by atoms with E-state index in [2.05, 4.69) is 5.10 Å². The number of rotatable bonds is 3. The zero-order valence-corrected chi connectivity index (χ0v) is 9.43. The minimum absolute atomic E-state index is 0.753. The lowest BCUT2D eigenvalue weighted by atomic mass is 10.2. The number of hydrogen-bond acceptors (Lipinski definition) is 4. The van der Waals surface area contributed by atoms with Crippen molar-refractivity contribution in [2.24, 2.45) is 5.10 Å². The molecule has 0 unspecified atom stereocenters. The van der Waals surface area contributed by atoms with E-state index in [9.17, 15) is 0 Å². The van der Waals surface area contributed by atoms with Gasteiger partial charge in [-0.15, -0.1) is 0 Å². The van der Waals surface area contributed by atoms with Gasteiger partial charge in [-0.2, -0.15) is 5.10 Å². The van der Waals surface area contributed by atoms with Crippen molar-refractivity contribution < 1.29 is 9.47 Å². The van der Waals surface area contributed by atoms with Crippen molar-refractivity contribution in [1.82, 2.24) is 5.01 Å². The molecule has 1 aromatic rings. The number of benzene rings is 1. The highest BCUT2D eigenvalue weighted by Gasteiger charge is 2.06. The SMILES string of the molecule is COc1ccccc1/C=N/N1CCOCC1. The Morgan fingerprint density at radius 3 is 2.81 bits per heavy atom. The van der Waals surface area contributed by atoms with Gasteiger partial charge in [0.25, 0.3) is 0 Å². The molecule has 1 saturated heterocycles. The molecule has 2 rings (SSSR count). The molecule has 0 atom stereocenters. The third-order valence-corrected chi connectivity index (χ3v) is 2.49. The van der Waals surface area contributed by atoms with Gasteiger partial charge >= 0.3 is 0 Å². The Bertz CT molecular complexity index is 360. The molecule has 1 aromatic carbocycles. The van der Waals surface area contributed by atoms with E-state index in [1.165, 1.54) is 0 Å². The predicted molar refractivity (Wildman–Crippen MR) is 63.0 cm³/mol. The number of nitrogens with zero attached hydrogens (tertiary/aromatic N) is 2. The zero-order chi connectivity index (χ0) is 11.2. The fourth-order valence-electron chi connectivity index (χ4n) is 1.59. The summed E-state index contributed by atoms with van der Waals surface area (Å²) in [7, 11) is 1.67. The van der Waals surface area contributed by atoms with Crippen molar-refractivity contribution in [3.05, 3.63) is 29.8 Å². The molecule has 4 nitrogen and oxygen atoms in total. The molecule has 16 heavy (non-hydrogen) atoms. The molecule has 1 aliphatic heterocycles. The van der Waals surface area contributed by atoms with Crippen LogP contribution in [0.4, 0.5) is 0 Å². The standard InChI is InChI=1S/C12H16N2O2/c1-15-12-5-3-2-4-11(12)10-13-14-6-8-16-9-7-14/h2-5,10H,6-9H2,1H3/b13-10+. The van der Waals surface area contributed by atoms with Crippen LogP contribution < -0.4 is 4.74 Å². The van der Waals surface area contributed by atoms with Crippen LogP contribution in [0.15, 0.2) is 29.4 Å². The van der Waals surface area contributed by atoms with Crippen LogP contribution in [0.5, 0.6) is 5.75 Å². The van der Waals surface area contributed by atoms with E-state index < -0.39 is 0 Å². The van der Waals surface area contributed by atoms with Gasteiger partial charge in [0.1, 0.15) is 5.75 Å². The Balaban J connectivity index is 2.04. The monoisotopic (exact) mass is 220 g/mol. The van der Waals surface area contributed by atoms with Crippen molar-refractivity contribution in [2.45, 2.75) is 0 Å². The van der Waals surface area contributed by atoms with Crippen LogP contribution in [0.25, 0.3) is 0 Å². The molecule has 86 valence electrons. The predicted octanol–water partition coefficient (Wildman–Crippen LogP) is 1.36. The second-order valence-corrected chi connectivity index (χ2v) is 3.55. The van der Waals surface area contributed by atoms with E-state index in [0.717, 1.165) is 37.6 Å². The minimum Gasteiger partial charge on any atom is -0.496 e. The van der Waals surface area contributed by atoms with Crippen molar-refractivity contribution >= 4 is 6.21 Å². The lowest BCUT2D eigenvalue weighted by Gasteiger charge is -2.23. The minimum atomic E-state index is 0.753. The van der Waals surface area contributed by atoms with E-state index >= 15 is 0 Å². The lowest BCUT2D eigenvalue weighted by Crippen LogP contribution is -2.32. The Morgan fingerprint density at radius 1 is 1.31 bits per heavy atom. The molecular weight excluding hydrogens is 204 g/mol. The molecule has 0 radical (unpaired) electrons. The van der Waals surface area contributed by atoms with Crippen LogP contribution in [-0.4, -0.2) is 44.6 Å². The third-order valence-electron chi connectivity index (χ3n) is 2.49. The number of hydrogen-bond donors (Lipinski definition) is 0. The quantitative estimate of drug-likeness (QED) is 0.721. The van der Waals surface area contributed by atoms with Crippen molar-refractivity contribution in [1.29, 1.82) is 0 Å². The summed E-state index contributed by atoms with van der Waals surface area (Å²) in [6.45, 7) is 3.21. The maximum Gasteiger partial charge on any atom is 0.127 e. The molecular formula is C12H16N2O2. The second kappa shape index (κ2) is 5.51. The first-order valence-corrected chi connectivity index (χ1v) is 5.40. The maximum atomic E-state index is 5.26. The van der Waals surface area contributed by atoms with Gasteiger partial charge in [0.15, 0.2) is 0 Å². The molecule has 1 fully saturated rings. The third kappa shape index (κ3) is 2.73. The first kappa shape index (κ1) is 11.0. The molecule has 0 amide bonds. The topological polar surface area (TPSA) is 34.1 Å². The Morgan fingerprint density at radius 2 is 2.06 bits per heavy atom. The first-order valence-electron chi connectivity index (χ1n) is 5.40. The summed E-state index contributed by atoms with van der Waals surface area (Å²) < 4.78 is 10.5. The van der Waals surface area contributed by atoms with Gasteiger partial charge in [0.05, 0.1) is 39.6 Å². The number of ether oxygens (including phenoxy) is 2. The van der Waals surface area contributed by atoms with E-state index in [4.69, 9.17) is 9.47 Å². The van der Waals surface area contributed by atoms with Crippen LogP contribution >= 0.6 is 0 Å². The van der Waals surface area contributed by atoms with Gasteiger partial charge in [-0.05, 0) is 12.1 Å². The molecule has 1 heterocycles. The number of para-hydroxylation sites is 1. The van der Waals surface area contributed by atoms with Crippen LogP contribution in [0.1, 0.15) is 5.56 Å². The highest BCUT2D eigenvalue weighted by Crippen LogP contribution is 2.14. The lowest BCUT2D eigenvalue weighted by molar-refractivity contribution is 0.0397. The van der Waals surface area contributed by atoms with Gasteiger partial charge in [-0.1, -0.05) is 12.1 Å². The average Bonchev–Trinajstić information content (AvgIpc) is 2.38. The van der Waals surface area contributed by atoms with Crippen LogP contribution in [0.3, 0.4) is 0 Å². The fourth-order valence-corrected chi connectivity index (χ4v) is 1.59. The van der Waals surface area contributed by atoms with Crippen LogP contribution in [-0.2, 0) is 4.74 Å². The second-order valence-electron chi connectivity index (χ2n) is 3.55. The molecule has 1 aliphatic rings. The van der Waals surface area contributed by atoms with Crippen molar-refractivity contribution in [3.8, 4) is 5.75 Å². The summed E-state index contributed by atoms with van der Waals surface area (Å²) in [6, 6.07) is 7.84. The highest BCUT2D eigenvalue weighted by molar-refractivity contribution is 5.83. The van der Waals surface area contributed by atoms with E-state index in [1.807, 2.05) is 35.5 Å². The number of hydrazone groups is 1. The molecule has 0 N–H and O–H groups in total. The van der Waals surface area contributed by atoms with Gasteiger partial charge in [-0.25, -0.2) is 0 Å². The fraction of sp³-hybridized carbons (Fsp3) is 0.417. The smallest absolute Gasteiger partial charge is 0.127 e. The zero-order valence-electron chi connectivity index (χ0n) is 9.43. The largest absolute Gasteiger partial charge is 0.496 e. The first-order chi connectivity index (χ1) is 7.90. The molecule has 0 aliphatic carbocycles. The van der Waals surface area contributed by atoms with Gasteiger partial charge in [0, 0.05) is 5.56 Å². The van der Waals surface area contributed by atoms with Gasteiger partial charge in [-0.3, -0.25) is 5.01 Å². The highest BCUT2D eigenvalue weighted by atomic mass is 16.5. The summed E-state index contributed by atoms with van der Waals surface area (Å²) in [5.41, 5.74) is 0.997. The number of morpholine rings is 1. The van der Waals surface area contributed by atoms with Gasteiger partial charge < -0.3 is 9.47 Å². The van der Waals surface area contributed by atoms with E-state index in [1.54, 1.807) is 7.11 Å². The average molecular weight is 220 g/mol. The Hall–Kier alpha value is -1.55. The molecule has 4 heteroatoms. The number of methoxy groups -OCH3 is 1. The summed E-state index contributed by atoms with van der Waals surface area (Å²) in [5, 5.41) is 6.42. The normalized spacial score (nSPS) is 16.7. The van der Waals surface area contributed by atoms with Crippen LogP contribution in [0, 0.1) is 0 Å². The van der Waals surface area contributed by atoms with Crippen molar-refractivity contribution in [3.63, 3.8) is 0 Å². The summed E-state index contributed by atoms with van der Waals surface area (Å²) in [6.07, 6.45) is 1.84. The Labute approximate surface area is 95.5 Å². The summed E-state index contributed by atoms with van der Waals surface area (Å²) in [5.74, 6) is 0.847. The van der Waals surface area contributed by atoms with E-state index in [0.29, 0.717) is 0 Å². The maximum absolute atomic E-state index is 5.26. The molecule has 0 aromatic heterocycles. The van der Waals surface area contributed by atoms with E-state index in [-0.39, 0.29) is 0 Å². The summed E-state index contributed by atoms with van der Waals surface area (Å²) >= 11 is 0. The van der Waals surface area contributed by atoms with Crippen LogP contribution in [0.2, 0.25) is 0 Å². The van der Waals surface area contributed by atoms with Crippen molar-refractivity contribution in [2.75, 3.05) is 33.4 Å². The summed E-state index contributed by atoms with van der Waals surface area (Å²) in [4.78, 5) is 0.